The van der Waals surface area contributed by atoms with E-state index in [4.69, 9.17) is 14.2 Å². The van der Waals surface area contributed by atoms with Crippen LogP contribution in [0.25, 0.3) is 0 Å². The van der Waals surface area contributed by atoms with Crippen LogP contribution in [0.5, 0.6) is 0 Å². The van der Waals surface area contributed by atoms with Gasteiger partial charge < -0.3 is 14.2 Å². The molecule has 1 atom stereocenters. The van der Waals surface area contributed by atoms with Gasteiger partial charge in [-0.3, -0.25) is 14.4 Å². The van der Waals surface area contributed by atoms with Gasteiger partial charge >= 0.3 is 17.9 Å². The van der Waals surface area contributed by atoms with Gasteiger partial charge in [0, 0.05) is 19.3 Å². The summed E-state index contributed by atoms with van der Waals surface area (Å²) in [5.74, 6) is -0.919. The highest BCUT2D eigenvalue weighted by Crippen LogP contribution is 2.15. The predicted molar refractivity (Wildman–Crippen MR) is 316 cm³/mol. The zero-order chi connectivity index (χ0) is 52.9. The molecule has 0 spiro atoms. The summed E-state index contributed by atoms with van der Waals surface area (Å²) in [5, 5.41) is 0. The van der Waals surface area contributed by atoms with Gasteiger partial charge in [-0.15, -0.1) is 0 Å². The van der Waals surface area contributed by atoms with Gasteiger partial charge in [-0.05, 0) is 122 Å². The molecule has 0 aromatic heterocycles. The molecule has 0 saturated carbocycles. The summed E-state index contributed by atoms with van der Waals surface area (Å²) in [6.07, 6.45) is 83.4. The molecule has 0 heterocycles. The van der Waals surface area contributed by atoms with Gasteiger partial charge in [0.25, 0.3) is 0 Å². The number of rotatable bonds is 53. The van der Waals surface area contributed by atoms with E-state index in [0.717, 1.165) is 141 Å². The van der Waals surface area contributed by atoms with Gasteiger partial charge in [0.1, 0.15) is 13.2 Å². The van der Waals surface area contributed by atoms with Crippen molar-refractivity contribution in [2.75, 3.05) is 13.2 Å². The highest BCUT2D eigenvalue weighted by atomic mass is 16.6. The Hall–Kier alpha value is -4.19. The molecule has 0 aromatic carbocycles. The van der Waals surface area contributed by atoms with Gasteiger partial charge in [0.05, 0.1) is 0 Å². The molecular weight excluding hydrogens is 901 g/mol. The lowest BCUT2D eigenvalue weighted by Gasteiger charge is -2.18. The molecule has 0 aliphatic heterocycles. The fourth-order valence-electron chi connectivity index (χ4n) is 7.97. The lowest BCUT2D eigenvalue weighted by atomic mass is 10.1. The minimum Gasteiger partial charge on any atom is -0.462 e. The van der Waals surface area contributed by atoms with E-state index >= 15 is 0 Å². The number of hydrogen-bond donors (Lipinski definition) is 0. The maximum atomic E-state index is 12.9. The number of allylic oxidation sites excluding steroid dienone is 20. The molecule has 414 valence electrons. The zero-order valence-electron chi connectivity index (χ0n) is 47.4. The Balaban J connectivity index is 4.32. The molecule has 0 N–H and O–H groups in total. The average Bonchev–Trinajstić information content (AvgIpc) is 3.39. The smallest absolute Gasteiger partial charge is 0.306 e. The Morgan fingerprint density at radius 1 is 0.288 bits per heavy atom. The van der Waals surface area contributed by atoms with Crippen LogP contribution < -0.4 is 0 Å². The van der Waals surface area contributed by atoms with Gasteiger partial charge in [-0.1, -0.05) is 245 Å². The van der Waals surface area contributed by atoms with Crippen LogP contribution in [0.2, 0.25) is 0 Å². The molecule has 0 aliphatic rings. The van der Waals surface area contributed by atoms with Crippen molar-refractivity contribution in [3.05, 3.63) is 122 Å². The van der Waals surface area contributed by atoms with Crippen molar-refractivity contribution in [1.82, 2.24) is 0 Å². The Bertz CT molecular complexity index is 1540. The van der Waals surface area contributed by atoms with Crippen LogP contribution >= 0.6 is 0 Å². The fraction of sp³-hybridized carbons (Fsp3) is 0.657. The third kappa shape index (κ3) is 58.6. The van der Waals surface area contributed by atoms with Gasteiger partial charge in [0.15, 0.2) is 6.10 Å². The van der Waals surface area contributed by atoms with Gasteiger partial charge in [0.2, 0.25) is 0 Å². The second kappa shape index (κ2) is 60.4. The van der Waals surface area contributed by atoms with Crippen LogP contribution in [0.1, 0.15) is 265 Å². The molecular formula is C67H110O6. The summed E-state index contributed by atoms with van der Waals surface area (Å²) in [4.78, 5) is 38.2. The number of hydrogen-bond acceptors (Lipinski definition) is 6. The largest absolute Gasteiger partial charge is 0.462 e. The number of carbonyl (C=O) groups is 3. The first-order valence-electron chi connectivity index (χ1n) is 30.0. The van der Waals surface area contributed by atoms with Crippen LogP contribution in [-0.2, 0) is 28.6 Å². The summed E-state index contributed by atoms with van der Waals surface area (Å²) in [5.41, 5.74) is 0. The van der Waals surface area contributed by atoms with Gasteiger partial charge in [-0.2, -0.15) is 0 Å². The van der Waals surface area contributed by atoms with Crippen molar-refractivity contribution >= 4 is 17.9 Å². The number of ether oxygens (including phenoxy) is 3. The van der Waals surface area contributed by atoms with E-state index in [1.165, 1.54) is 83.5 Å². The summed E-state index contributed by atoms with van der Waals surface area (Å²) in [7, 11) is 0. The van der Waals surface area contributed by atoms with E-state index < -0.39 is 6.10 Å². The monoisotopic (exact) mass is 1010 g/mol. The highest BCUT2D eigenvalue weighted by Gasteiger charge is 2.19. The molecule has 0 bridgehead atoms. The minimum atomic E-state index is -0.793. The average molecular weight is 1010 g/mol. The summed E-state index contributed by atoms with van der Waals surface area (Å²) < 4.78 is 16.8. The molecule has 0 aromatic rings. The zero-order valence-corrected chi connectivity index (χ0v) is 47.4. The SMILES string of the molecule is CC/C=C\C/C=C\C/C=C\C/C=C\C/C=C\C/C=C\CCCCCCCCCCC(=O)OCC(COC(=O)CCCCCCC/C=C\CCCC)OC(=O)CCCCCCCCC/C=C\C/C=C\C/C=C\CC. The van der Waals surface area contributed by atoms with Crippen LogP contribution in [0, 0.1) is 0 Å². The number of unbranched alkanes of at least 4 members (excludes halogenated alkanes) is 22. The first-order chi connectivity index (χ1) is 36.0. The van der Waals surface area contributed by atoms with Crippen molar-refractivity contribution in [2.24, 2.45) is 0 Å². The maximum absolute atomic E-state index is 12.9. The Morgan fingerprint density at radius 2 is 0.534 bits per heavy atom. The second-order valence-corrected chi connectivity index (χ2v) is 19.5. The summed E-state index contributed by atoms with van der Waals surface area (Å²) >= 11 is 0. The van der Waals surface area contributed by atoms with Crippen molar-refractivity contribution in [3.8, 4) is 0 Å². The van der Waals surface area contributed by atoms with Crippen molar-refractivity contribution in [2.45, 2.75) is 271 Å². The molecule has 6 nitrogen and oxygen atoms in total. The maximum Gasteiger partial charge on any atom is 0.306 e. The molecule has 0 rings (SSSR count). The van der Waals surface area contributed by atoms with Crippen LogP contribution in [0.4, 0.5) is 0 Å². The summed E-state index contributed by atoms with van der Waals surface area (Å²) in [6.45, 7) is 6.36. The van der Waals surface area contributed by atoms with Crippen LogP contribution in [-0.4, -0.2) is 37.2 Å². The molecule has 0 amide bonds. The predicted octanol–water partition coefficient (Wildman–Crippen LogP) is 20.4. The van der Waals surface area contributed by atoms with E-state index in [9.17, 15) is 14.4 Å². The first-order valence-corrected chi connectivity index (χ1v) is 30.0. The Morgan fingerprint density at radius 3 is 0.849 bits per heavy atom. The van der Waals surface area contributed by atoms with E-state index in [1.54, 1.807) is 0 Å². The Kier molecular flexibility index (Phi) is 56.9. The third-order valence-electron chi connectivity index (χ3n) is 12.4. The normalized spacial score (nSPS) is 13.0. The Labute approximate surface area is 450 Å². The lowest BCUT2D eigenvalue weighted by Crippen LogP contribution is -2.30. The second-order valence-electron chi connectivity index (χ2n) is 19.5. The number of carbonyl (C=O) groups excluding carboxylic acids is 3. The van der Waals surface area contributed by atoms with Crippen molar-refractivity contribution in [1.29, 1.82) is 0 Å². The van der Waals surface area contributed by atoms with Gasteiger partial charge in [-0.25, -0.2) is 0 Å². The quantitative estimate of drug-likeness (QED) is 0.0261. The minimum absolute atomic E-state index is 0.0911. The third-order valence-corrected chi connectivity index (χ3v) is 12.4. The molecule has 0 radical (unpaired) electrons. The first kappa shape index (κ1) is 68.8. The fourth-order valence-corrected chi connectivity index (χ4v) is 7.97. The molecule has 0 aliphatic carbocycles. The van der Waals surface area contributed by atoms with E-state index in [1.807, 2.05) is 0 Å². The van der Waals surface area contributed by atoms with Crippen LogP contribution in [0.15, 0.2) is 122 Å². The van der Waals surface area contributed by atoms with Crippen molar-refractivity contribution < 1.29 is 28.6 Å². The number of esters is 3. The molecule has 1 unspecified atom stereocenters. The molecule has 0 fully saturated rings. The highest BCUT2D eigenvalue weighted by molar-refractivity contribution is 5.71. The molecule has 73 heavy (non-hydrogen) atoms. The van der Waals surface area contributed by atoms with E-state index in [2.05, 4.69) is 142 Å². The van der Waals surface area contributed by atoms with E-state index in [0.29, 0.717) is 19.3 Å². The molecule has 6 heteroatoms. The molecule has 0 saturated heterocycles. The van der Waals surface area contributed by atoms with Crippen LogP contribution in [0.3, 0.4) is 0 Å². The standard InChI is InChI=1S/C67H110O6/c1-4-7-10-13-16-19-22-24-26-28-29-30-31-32-33-34-35-36-37-39-40-42-45-48-51-54-57-60-66(69)72-63-64(62-71-65(68)59-56-53-50-47-44-21-18-15-12-9-6-3)73-67(70)61-58-55-52-49-46-43-41-38-27-25-23-20-17-14-11-8-5-2/h7-8,10-11,15-20,24-27,29-30,32-33,35-36,64H,4-6,9,12-14,21-23,28,31,34,37-63H2,1-3H3/b10-7-,11-8-,18-15-,19-16-,20-17-,26-24-,27-25-,30-29-,33-32-,36-35-. The lowest BCUT2D eigenvalue weighted by molar-refractivity contribution is -0.167. The summed E-state index contributed by atoms with van der Waals surface area (Å²) in [6, 6.07) is 0. The topological polar surface area (TPSA) is 78.9 Å². The van der Waals surface area contributed by atoms with E-state index in [-0.39, 0.29) is 31.1 Å². The van der Waals surface area contributed by atoms with Crippen molar-refractivity contribution in [3.63, 3.8) is 0 Å².